The second-order valence-corrected chi connectivity index (χ2v) is 3.57. The maximum atomic E-state index is 6.04. The number of pyridine rings is 1. The maximum absolute atomic E-state index is 6.04. The van der Waals surface area contributed by atoms with E-state index in [-0.39, 0.29) is 0 Å². The van der Waals surface area contributed by atoms with Crippen LogP contribution in [0.15, 0.2) is 12.4 Å². The smallest absolute Gasteiger partial charge is 0.0843 e. The summed E-state index contributed by atoms with van der Waals surface area (Å²) in [6, 6.07) is 0. The van der Waals surface area contributed by atoms with Crippen LogP contribution in [0.4, 0.5) is 11.4 Å². The third kappa shape index (κ3) is 1.76. The van der Waals surface area contributed by atoms with Crippen molar-refractivity contribution in [2.45, 2.75) is 0 Å². The average Bonchev–Trinajstić information content (AvgIpc) is 2.19. The molecule has 0 radical (unpaired) electrons. The number of morpholine rings is 1. The van der Waals surface area contributed by atoms with Crippen molar-refractivity contribution >= 4 is 23.0 Å². The fraction of sp³-hybridized carbons (Fsp3) is 0.444. The zero-order valence-corrected chi connectivity index (χ0v) is 8.50. The average molecular weight is 214 g/mol. The zero-order valence-electron chi connectivity index (χ0n) is 7.74. The van der Waals surface area contributed by atoms with Gasteiger partial charge in [-0.1, -0.05) is 11.6 Å². The molecule has 1 aliphatic heterocycles. The summed E-state index contributed by atoms with van der Waals surface area (Å²) in [6.07, 6.45) is 3.24. The van der Waals surface area contributed by atoms with Crippen molar-refractivity contribution in [1.82, 2.24) is 4.98 Å². The molecule has 2 rings (SSSR count). The second-order valence-electron chi connectivity index (χ2n) is 3.16. The van der Waals surface area contributed by atoms with Crippen molar-refractivity contribution < 1.29 is 4.74 Å². The van der Waals surface area contributed by atoms with Crippen molar-refractivity contribution in [2.75, 3.05) is 36.9 Å². The minimum Gasteiger partial charge on any atom is -0.396 e. The SMILES string of the molecule is Nc1cncc(Cl)c1N1CCOCC1. The van der Waals surface area contributed by atoms with Gasteiger partial charge in [0.1, 0.15) is 0 Å². The van der Waals surface area contributed by atoms with Gasteiger partial charge in [-0.25, -0.2) is 0 Å². The molecule has 2 N–H and O–H groups in total. The van der Waals surface area contributed by atoms with Crippen LogP contribution in [0, 0.1) is 0 Å². The molecule has 0 atom stereocenters. The van der Waals surface area contributed by atoms with Crippen LogP contribution < -0.4 is 10.6 Å². The quantitative estimate of drug-likeness (QED) is 0.761. The van der Waals surface area contributed by atoms with Gasteiger partial charge in [-0.2, -0.15) is 0 Å². The van der Waals surface area contributed by atoms with Gasteiger partial charge in [-0.05, 0) is 0 Å². The first-order valence-corrected chi connectivity index (χ1v) is 4.88. The summed E-state index contributed by atoms with van der Waals surface area (Å²) in [5, 5.41) is 0.604. The highest BCUT2D eigenvalue weighted by atomic mass is 35.5. The summed E-state index contributed by atoms with van der Waals surface area (Å²) >= 11 is 6.04. The van der Waals surface area contributed by atoms with E-state index in [1.807, 2.05) is 0 Å². The largest absolute Gasteiger partial charge is 0.396 e. The van der Waals surface area contributed by atoms with Crippen LogP contribution in [-0.4, -0.2) is 31.3 Å². The van der Waals surface area contributed by atoms with E-state index in [0.717, 1.165) is 32.0 Å². The van der Waals surface area contributed by atoms with E-state index >= 15 is 0 Å². The predicted molar refractivity (Wildman–Crippen MR) is 56.7 cm³/mol. The molecule has 1 aliphatic rings. The molecule has 4 nitrogen and oxygen atoms in total. The van der Waals surface area contributed by atoms with Crippen molar-refractivity contribution in [3.8, 4) is 0 Å². The molecule has 0 aromatic carbocycles. The van der Waals surface area contributed by atoms with Gasteiger partial charge in [-0.3, -0.25) is 4.98 Å². The van der Waals surface area contributed by atoms with Gasteiger partial charge < -0.3 is 15.4 Å². The minimum atomic E-state index is 0.604. The Kier molecular flexibility index (Phi) is 2.74. The van der Waals surface area contributed by atoms with E-state index in [0.29, 0.717) is 10.7 Å². The van der Waals surface area contributed by atoms with Gasteiger partial charge >= 0.3 is 0 Å². The Bertz CT molecular complexity index is 306. The summed E-state index contributed by atoms with van der Waals surface area (Å²) in [5.41, 5.74) is 7.33. The molecule has 0 aliphatic carbocycles. The Labute approximate surface area is 87.6 Å². The number of nitrogens with two attached hydrogens (primary N) is 1. The van der Waals surface area contributed by atoms with Crippen LogP contribution in [0.1, 0.15) is 0 Å². The molecule has 76 valence electrons. The normalized spacial score (nSPS) is 17.1. The lowest BCUT2D eigenvalue weighted by Crippen LogP contribution is -2.36. The fourth-order valence-corrected chi connectivity index (χ4v) is 1.85. The van der Waals surface area contributed by atoms with Gasteiger partial charge in [0.05, 0.1) is 35.8 Å². The Morgan fingerprint density at radius 1 is 1.36 bits per heavy atom. The highest BCUT2D eigenvalue weighted by molar-refractivity contribution is 6.33. The predicted octanol–water partition coefficient (Wildman–Crippen LogP) is 1.15. The number of hydrogen-bond acceptors (Lipinski definition) is 4. The van der Waals surface area contributed by atoms with Crippen LogP contribution in [0.3, 0.4) is 0 Å². The van der Waals surface area contributed by atoms with Crippen molar-refractivity contribution in [3.63, 3.8) is 0 Å². The Hall–Kier alpha value is -1.00. The molecule has 0 unspecified atom stereocenters. The molecule has 0 amide bonds. The van der Waals surface area contributed by atoms with Crippen LogP contribution in [0.25, 0.3) is 0 Å². The van der Waals surface area contributed by atoms with Gasteiger partial charge in [-0.15, -0.1) is 0 Å². The molecular weight excluding hydrogens is 202 g/mol. The summed E-state index contributed by atoms with van der Waals surface area (Å²) in [7, 11) is 0. The molecule has 1 aromatic rings. The van der Waals surface area contributed by atoms with Crippen molar-refractivity contribution in [2.24, 2.45) is 0 Å². The monoisotopic (exact) mass is 213 g/mol. The van der Waals surface area contributed by atoms with Crippen molar-refractivity contribution in [1.29, 1.82) is 0 Å². The highest BCUT2D eigenvalue weighted by Crippen LogP contribution is 2.30. The molecule has 1 saturated heterocycles. The van der Waals surface area contributed by atoms with Crippen LogP contribution in [-0.2, 0) is 4.74 Å². The van der Waals surface area contributed by atoms with E-state index in [4.69, 9.17) is 22.1 Å². The second kappa shape index (κ2) is 4.02. The minimum absolute atomic E-state index is 0.604. The van der Waals surface area contributed by atoms with Gasteiger partial charge in [0, 0.05) is 19.3 Å². The zero-order chi connectivity index (χ0) is 9.97. The summed E-state index contributed by atoms with van der Waals surface area (Å²) in [5.74, 6) is 0. The number of aromatic nitrogens is 1. The molecule has 1 aromatic heterocycles. The number of nitrogens with zero attached hydrogens (tertiary/aromatic N) is 2. The van der Waals surface area contributed by atoms with Crippen molar-refractivity contribution in [3.05, 3.63) is 17.4 Å². The first kappa shape index (κ1) is 9.55. The van der Waals surface area contributed by atoms with Gasteiger partial charge in [0.2, 0.25) is 0 Å². The summed E-state index contributed by atoms with van der Waals surface area (Å²) in [4.78, 5) is 6.05. The van der Waals surface area contributed by atoms with E-state index in [1.165, 1.54) is 0 Å². The summed E-state index contributed by atoms with van der Waals surface area (Å²) < 4.78 is 5.26. The lowest BCUT2D eigenvalue weighted by atomic mass is 10.3. The molecule has 0 saturated carbocycles. The van der Waals surface area contributed by atoms with Crippen LogP contribution >= 0.6 is 11.6 Å². The Morgan fingerprint density at radius 2 is 2.07 bits per heavy atom. The third-order valence-corrected chi connectivity index (χ3v) is 2.51. The van der Waals surface area contributed by atoms with E-state index in [1.54, 1.807) is 12.4 Å². The van der Waals surface area contributed by atoms with E-state index in [9.17, 15) is 0 Å². The Balaban J connectivity index is 2.29. The molecule has 1 fully saturated rings. The number of nitrogen functional groups attached to an aromatic ring is 1. The van der Waals surface area contributed by atoms with Crippen LogP contribution in [0.5, 0.6) is 0 Å². The molecular formula is C9H12ClN3O. The van der Waals surface area contributed by atoms with E-state index < -0.39 is 0 Å². The number of halogens is 1. The van der Waals surface area contributed by atoms with E-state index in [2.05, 4.69) is 9.88 Å². The number of anilines is 2. The number of hydrogen-bond donors (Lipinski definition) is 1. The van der Waals surface area contributed by atoms with Crippen LogP contribution in [0.2, 0.25) is 5.02 Å². The number of ether oxygens (including phenoxy) is 1. The lowest BCUT2D eigenvalue weighted by molar-refractivity contribution is 0.123. The topological polar surface area (TPSA) is 51.4 Å². The molecule has 5 heteroatoms. The molecule has 2 heterocycles. The molecule has 0 bridgehead atoms. The Morgan fingerprint density at radius 3 is 2.71 bits per heavy atom. The van der Waals surface area contributed by atoms with Gasteiger partial charge in [0.25, 0.3) is 0 Å². The maximum Gasteiger partial charge on any atom is 0.0843 e. The standard InChI is InChI=1S/C9H12ClN3O/c10-7-5-12-6-8(11)9(7)13-1-3-14-4-2-13/h5-6H,1-4,11H2. The lowest BCUT2D eigenvalue weighted by Gasteiger charge is -2.30. The third-order valence-electron chi connectivity index (χ3n) is 2.23. The fourth-order valence-electron chi connectivity index (χ4n) is 1.56. The molecule has 0 spiro atoms. The summed E-state index contributed by atoms with van der Waals surface area (Å²) in [6.45, 7) is 3.10. The van der Waals surface area contributed by atoms with Gasteiger partial charge in [0.15, 0.2) is 0 Å². The first-order valence-electron chi connectivity index (χ1n) is 4.50. The number of rotatable bonds is 1. The highest BCUT2D eigenvalue weighted by Gasteiger charge is 2.16. The first-order chi connectivity index (χ1) is 6.79. The molecule has 14 heavy (non-hydrogen) atoms.